The molecule has 1 fully saturated rings. The maximum Gasteiger partial charge on any atom is 0.254 e. The Morgan fingerprint density at radius 2 is 1.90 bits per heavy atom. The minimum Gasteiger partial charge on any atom is -0.396 e. The van der Waals surface area contributed by atoms with E-state index in [-0.39, 0.29) is 39.8 Å². The molecule has 9 heteroatoms. The van der Waals surface area contributed by atoms with Gasteiger partial charge in [0.05, 0.1) is 22.3 Å². The molecule has 2 aliphatic heterocycles. The lowest BCUT2D eigenvalue weighted by molar-refractivity contribution is -0.129. The summed E-state index contributed by atoms with van der Waals surface area (Å²) in [7, 11) is 0. The number of likely N-dealkylation sites (tertiary alicyclic amines) is 1. The lowest BCUT2D eigenvalue weighted by Gasteiger charge is -2.32. The molecule has 0 aliphatic carbocycles. The standard InChI is InChI=1S/C22H28FN5O3/c1-11(29)27-8-5-12(6-9-27)26-13-10-15-16(19(24)18(13)23)20(30)17(21(25)31)14-4-7-22(2,3)28(14)15/h10,12,26H,4-9,24H2,1-3H3,(H2,25,31). The van der Waals surface area contributed by atoms with Crippen LogP contribution in [-0.4, -0.2) is 40.4 Å². The first-order valence-electron chi connectivity index (χ1n) is 10.5. The number of rotatable bonds is 3. The van der Waals surface area contributed by atoms with Gasteiger partial charge in [-0.1, -0.05) is 0 Å². The number of pyridine rings is 1. The van der Waals surface area contributed by atoms with Crippen molar-refractivity contribution in [1.82, 2.24) is 9.47 Å². The van der Waals surface area contributed by atoms with E-state index < -0.39 is 17.2 Å². The first kappa shape index (κ1) is 21.1. The predicted molar refractivity (Wildman–Crippen MR) is 118 cm³/mol. The third-order valence-electron chi connectivity index (χ3n) is 6.66. The summed E-state index contributed by atoms with van der Waals surface area (Å²) in [6, 6.07) is 1.59. The summed E-state index contributed by atoms with van der Waals surface area (Å²) in [6.07, 6.45) is 2.61. The van der Waals surface area contributed by atoms with Crippen LogP contribution in [0.15, 0.2) is 10.9 Å². The molecule has 0 bridgehead atoms. The van der Waals surface area contributed by atoms with Crippen LogP contribution in [0.1, 0.15) is 56.1 Å². The van der Waals surface area contributed by atoms with E-state index in [4.69, 9.17) is 11.5 Å². The number of nitrogens with zero attached hydrogens (tertiary/aromatic N) is 2. The summed E-state index contributed by atoms with van der Waals surface area (Å²) in [5, 5.41) is 3.20. The van der Waals surface area contributed by atoms with Gasteiger partial charge in [-0.25, -0.2) is 4.39 Å². The zero-order valence-corrected chi connectivity index (χ0v) is 18.0. The van der Waals surface area contributed by atoms with Crippen LogP contribution in [0.5, 0.6) is 0 Å². The van der Waals surface area contributed by atoms with Gasteiger partial charge in [-0.2, -0.15) is 0 Å². The summed E-state index contributed by atoms with van der Waals surface area (Å²) in [6.45, 7) is 6.74. The molecule has 1 saturated heterocycles. The molecule has 1 aromatic carbocycles. The zero-order chi connectivity index (χ0) is 22.7. The van der Waals surface area contributed by atoms with E-state index in [2.05, 4.69) is 5.32 Å². The molecule has 0 atom stereocenters. The van der Waals surface area contributed by atoms with Crippen molar-refractivity contribution in [3.05, 3.63) is 33.4 Å². The minimum atomic E-state index is -0.826. The highest BCUT2D eigenvalue weighted by Gasteiger charge is 2.36. The molecular weight excluding hydrogens is 401 g/mol. The molecular formula is C22H28FN5O3. The zero-order valence-electron chi connectivity index (χ0n) is 18.0. The first-order valence-corrected chi connectivity index (χ1v) is 10.5. The summed E-state index contributed by atoms with van der Waals surface area (Å²) in [5.41, 5.74) is 11.5. The Morgan fingerprint density at radius 3 is 2.48 bits per heavy atom. The molecule has 5 N–H and O–H groups in total. The molecule has 0 radical (unpaired) electrons. The molecule has 1 aromatic heterocycles. The average molecular weight is 429 g/mol. The van der Waals surface area contributed by atoms with Crippen LogP contribution >= 0.6 is 0 Å². The highest BCUT2D eigenvalue weighted by Crippen LogP contribution is 2.39. The minimum absolute atomic E-state index is 0.0121. The number of halogens is 1. The summed E-state index contributed by atoms with van der Waals surface area (Å²) >= 11 is 0. The fourth-order valence-corrected chi connectivity index (χ4v) is 4.98. The fraction of sp³-hybridized carbons (Fsp3) is 0.500. The van der Waals surface area contributed by atoms with Crippen LogP contribution in [0.25, 0.3) is 10.9 Å². The van der Waals surface area contributed by atoms with Crippen molar-refractivity contribution >= 4 is 34.1 Å². The van der Waals surface area contributed by atoms with Crippen molar-refractivity contribution in [2.75, 3.05) is 24.1 Å². The second-order valence-corrected chi connectivity index (χ2v) is 9.13. The Balaban J connectivity index is 1.85. The number of primary amides is 1. The van der Waals surface area contributed by atoms with Crippen molar-refractivity contribution in [3.63, 3.8) is 0 Å². The number of benzene rings is 1. The van der Waals surface area contributed by atoms with E-state index in [1.165, 1.54) is 6.92 Å². The van der Waals surface area contributed by atoms with Gasteiger partial charge in [0.2, 0.25) is 11.3 Å². The van der Waals surface area contributed by atoms with Crippen LogP contribution < -0.4 is 22.2 Å². The van der Waals surface area contributed by atoms with E-state index in [1.54, 1.807) is 11.0 Å². The molecule has 2 amide bonds. The molecule has 2 aromatic rings. The number of carbonyl (C=O) groups excluding carboxylic acids is 2. The Morgan fingerprint density at radius 1 is 1.26 bits per heavy atom. The maximum atomic E-state index is 15.2. The van der Waals surface area contributed by atoms with Crippen LogP contribution in [-0.2, 0) is 16.8 Å². The quantitative estimate of drug-likeness (QED) is 0.643. The van der Waals surface area contributed by atoms with Crippen molar-refractivity contribution in [2.24, 2.45) is 5.73 Å². The average Bonchev–Trinajstić information content (AvgIpc) is 3.00. The van der Waals surface area contributed by atoms with E-state index >= 15 is 4.39 Å². The second kappa shape index (κ2) is 7.25. The van der Waals surface area contributed by atoms with E-state index in [9.17, 15) is 14.4 Å². The molecule has 4 rings (SSSR count). The van der Waals surface area contributed by atoms with Gasteiger partial charge in [0, 0.05) is 37.3 Å². The normalized spacial score (nSPS) is 18.3. The smallest absolute Gasteiger partial charge is 0.254 e. The number of amides is 2. The third kappa shape index (κ3) is 3.32. The van der Waals surface area contributed by atoms with E-state index in [0.717, 1.165) is 6.42 Å². The second-order valence-electron chi connectivity index (χ2n) is 9.13. The number of anilines is 2. The van der Waals surface area contributed by atoms with Gasteiger partial charge in [-0.05, 0) is 45.6 Å². The topological polar surface area (TPSA) is 123 Å². The summed E-state index contributed by atoms with van der Waals surface area (Å²) in [4.78, 5) is 38.5. The number of aromatic nitrogens is 1. The Bertz CT molecular complexity index is 1160. The summed E-state index contributed by atoms with van der Waals surface area (Å²) in [5.74, 6) is -1.51. The Labute approximate surface area is 179 Å². The number of fused-ring (bicyclic) bond motifs is 3. The van der Waals surface area contributed by atoms with Crippen LogP contribution in [0, 0.1) is 5.82 Å². The Hall–Kier alpha value is -3.10. The first-order chi connectivity index (χ1) is 14.5. The van der Waals surface area contributed by atoms with Gasteiger partial charge in [0.15, 0.2) is 5.82 Å². The predicted octanol–water partition coefficient (Wildman–Crippen LogP) is 1.93. The van der Waals surface area contributed by atoms with Gasteiger partial charge in [0.1, 0.15) is 5.56 Å². The number of nitrogen functional groups attached to an aromatic ring is 1. The molecule has 31 heavy (non-hydrogen) atoms. The number of carbonyl (C=O) groups is 2. The summed E-state index contributed by atoms with van der Waals surface area (Å²) < 4.78 is 17.1. The highest BCUT2D eigenvalue weighted by molar-refractivity contribution is 6.02. The number of nitrogens with two attached hydrogens (primary N) is 2. The largest absolute Gasteiger partial charge is 0.396 e. The van der Waals surface area contributed by atoms with Gasteiger partial charge >= 0.3 is 0 Å². The van der Waals surface area contributed by atoms with Gasteiger partial charge in [0.25, 0.3) is 5.91 Å². The number of nitrogens with one attached hydrogen (secondary N) is 1. The molecule has 3 heterocycles. The fourth-order valence-electron chi connectivity index (χ4n) is 4.98. The van der Waals surface area contributed by atoms with Crippen LogP contribution in [0.4, 0.5) is 15.8 Å². The van der Waals surface area contributed by atoms with Crippen molar-refractivity contribution in [2.45, 2.75) is 58.0 Å². The molecule has 2 aliphatic rings. The number of piperidine rings is 1. The maximum absolute atomic E-state index is 15.2. The van der Waals surface area contributed by atoms with Gasteiger partial charge in [-0.3, -0.25) is 14.4 Å². The Kier molecular flexibility index (Phi) is 4.94. The van der Waals surface area contributed by atoms with Crippen molar-refractivity contribution in [3.8, 4) is 0 Å². The van der Waals surface area contributed by atoms with Gasteiger partial charge < -0.3 is 26.3 Å². The molecule has 0 unspecified atom stereocenters. The molecule has 0 spiro atoms. The lowest BCUT2D eigenvalue weighted by atomic mass is 10.0. The number of hydrogen-bond acceptors (Lipinski definition) is 5. The van der Waals surface area contributed by atoms with Crippen molar-refractivity contribution < 1.29 is 14.0 Å². The van der Waals surface area contributed by atoms with Gasteiger partial charge in [-0.15, -0.1) is 0 Å². The SMILES string of the molecule is CC(=O)N1CCC(Nc2cc3c(c(N)c2F)c(=O)c(C(N)=O)c2n3C(C)(C)CC2)CC1. The van der Waals surface area contributed by atoms with Crippen LogP contribution in [0.3, 0.4) is 0 Å². The van der Waals surface area contributed by atoms with Crippen molar-refractivity contribution in [1.29, 1.82) is 0 Å². The monoisotopic (exact) mass is 429 g/mol. The van der Waals surface area contributed by atoms with E-state index in [0.29, 0.717) is 43.6 Å². The van der Waals surface area contributed by atoms with Crippen LogP contribution in [0.2, 0.25) is 0 Å². The molecule has 0 saturated carbocycles. The lowest BCUT2D eigenvalue weighted by Crippen LogP contribution is -2.41. The van der Waals surface area contributed by atoms with E-state index in [1.807, 2.05) is 18.4 Å². The molecule has 8 nitrogen and oxygen atoms in total. The highest BCUT2D eigenvalue weighted by atomic mass is 19.1. The third-order valence-corrected chi connectivity index (χ3v) is 6.66. The molecule has 166 valence electrons. The number of hydrogen-bond donors (Lipinski definition) is 3.